The second-order valence-corrected chi connectivity index (χ2v) is 6.96. The molecule has 5 heteroatoms. The van der Waals surface area contributed by atoms with E-state index in [4.69, 9.17) is 9.72 Å². The van der Waals surface area contributed by atoms with Crippen LogP contribution in [0.15, 0.2) is 54.6 Å². The second-order valence-electron chi connectivity index (χ2n) is 6.96. The quantitative estimate of drug-likeness (QED) is 0.705. The van der Waals surface area contributed by atoms with Crippen LogP contribution in [0.5, 0.6) is 5.75 Å². The second kappa shape index (κ2) is 7.94. The lowest BCUT2D eigenvalue weighted by Crippen LogP contribution is -2.31. The van der Waals surface area contributed by atoms with Gasteiger partial charge in [-0.2, -0.15) is 0 Å². The maximum atomic E-state index is 10.00. The Morgan fingerprint density at radius 3 is 2.78 bits per heavy atom. The third kappa shape index (κ3) is 3.89. The molecule has 0 radical (unpaired) electrons. The van der Waals surface area contributed by atoms with Crippen molar-refractivity contribution in [1.82, 2.24) is 10.3 Å². The van der Waals surface area contributed by atoms with Crippen molar-refractivity contribution in [1.29, 1.82) is 0 Å². The van der Waals surface area contributed by atoms with Crippen LogP contribution >= 0.6 is 0 Å². The molecule has 0 spiro atoms. The Hall–Kier alpha value is -2.63. The molecule has 0 amide bonds. The Kier molecular flexibility index (Phi) is 5.23. The summed E-state index contributed by atoms with van der Waals surface area (Å²) in [5.41, 5.74) is 3.68. The van der Waals surface area contributed by atoms with E-state index in [1.165, 1.54) is 11.1 Å². The first-order valence-electron chi connectivity index (χ1n) is 9.41. The number of aliphatic hydroxyl groups excluding tert-OH is 1. The summed E-state index contributed by atoms with van der Waals surface area (Å²) in [7, 11) is 1.82. The SMILES string of the molecule is CNCC(O)COc1cc(N2CCc3ccccc3C2)nc2ccccc12. The molecule has 5 nitrogen and oxygen atoms in total. The number of anilines is 1. The Labute approximate surface area is 159 Å². The van der Waals surface area contributed by atoms with Gasteiger partial charge in [0.1, 0.15) is 24.3 Å². The molecule has 0 saturated carbocycles. The molecule has 0 aliphatic carbocycles. The lowest BCUT2D eigenvalue weighted by Gasteiger charge is -2.30. The number of benzene rings is 2. The van der Waals surface area contributed by atoms with Crippen molar-refractivity contribution < 1.29 is 9.84 Å². The Morgan fingerprint density at radius 1 is 1.15 bits per heavy atom. The average molecular weight is 363 g/mol. The molecule has 0 saturated heterocycles. The number of rotatable bonds is 6. The fraction of sp³-hybridized carbons (Fsp3) is 0.318. The van der Waals surface area contributed by atoms with Crippen LogP contribution in [0, 0.1) is 0 Å². The molecule has 2 heterocycles. The fourth-order valence-electron chi connectivity index (χ4n) is 3.58. The van der Waals surface area contributed by atoms with Gasteiger partial charge in [0.05, 0.1) is 5.52 Å². The highest BCUT2D eigenvalue weighted by molar-refractivity contribution is 5.87. The van der Waals surface area contributed by atoms with Crippen LogP contribution in [0.25, 0.3) is 10.9 Å². The van der Waals surface area contributed by atoms with Crippen LogP contribution in [0.4, 0.5) is 5.82 Å². The van der Waals surface area contributed by atoms with Crippen LogP contribution in [-0.4, -0.2) is 42.9 Å². The number of pyridine rings is 1. The number of para-hydroxylation sites is 1. The predicted molar refractivity (Wildman–Crippen MR) is 108 cm³/mol. The molecule has 1 aliphatic rings. The molecular weight excluding hydrogens is 338 g/mol. The van der Waals surface area contributed by atoms with Gasteiger partial charge in [-0.05, 0) is 36.7 Å². The van der Waals surface area contributed by atoms with E-state index in [2.05, 4.69) is 34.5 Å². The van der Waals surface area contributed by atoms with Crippen molar-refractivity contribution in [3.8, 4) is 5.75 Å². The molecular formula is C22H25N3O2. The first-order valence-corrected chi connectivity index (χ1v) is 9.41. The van der Waals surface area contributed by atoms with Crippen molar-refractivity contribution >= 4 is 16.7 Å². The van der Waals surface area contributed by atoms with Crippen LogP contribution < -0.4 is 15.0 Å². The van der Waals surface area contributed by atoms with Crippen molar-refractivity contribution in [2.45, 2.75) is 19.1 Å². The monoisotopic (exact) mass is 363 g/mol. The molecule has 0 fully saturated rings. The number of hydrogen-bond acceptors (Lipinski definition) is 5. The summed E-state index contributed by atoms with van der Waals surface area (Å²) in [6.07, 6.45) is 0.467. The topological polar surface area (TPSA) is 57.6 Å². The van der Waals surface area contributed by atoms with Crippen molar-refractivity contribution in [3.05, 3.63) is 65.7 Å². The molecule has 1 aliphatic heterocycles. The third-order valence-corrected chi connectivity index (χ3v) is 4.99. The number of hydrogen-bond donors (Lipinski definition) is 2. The van der Waals surface area contributed by atoms with E-state index < -0.39 is 6.10 Å². The number of nitrogens with one attached hydrogen (secondary N) is 1. The molecule has 4 rings (SSSR count). The minimum absolute atomic E-state index is 0.247. The normalized spacial score (nSPS) is 14.8. The van der Waals surface area contributed by atoms with E-state index in [1.54, 1.807) is 0 Å². The highest BCUT2D eigenvalue weighted by atomic mass is 16.5. The maximum Gasteiger partial charge on any atom is 0.133 e. The van der Waals surface area contributed by atoms with E-state index in [9.17, 15) is 5.11 Å². The summed E-state index contributed by atoms with van der Waals surface area (Å²) in [4.78, 5) is 7.16. The van der Waals surface area contributed by atoms with Gasteiger partial charge in [-0.25, -0.2) is 4.98 Å². The number of likely N-dealkylation sites (N-methyl/N-ethyl adjacent to an activating group) is 1. The highest BCUT2D eigenvalue weighted by Gasteiger charge is 2.19. The molecule has 2 N–H and O–H groups in total. The summed E-state index contributed by atoms with van der Waals surface area (Å²) < 4.78 is 5.98. The zero-order valence-corrected chi connectivity index (χ0v) is 15.6. The lowest BCUT2D eigenvalue weighted by molar-refractivity contribution is 0.109. The van der Waals surface area contributed by atoms with Crippen LogP contribution in [-0.2, 0) is 13.0 Å². The van der Waals surface area contributed by atoms with Crippen LogP contribution in [0.1, 0.15) is 11.1 Å². The smallest absolute Gasteiger partial charge is 0.133 e. The Balaban J connectivity index is 1.63. The zero-order chi connectivity index (χ0) is 18.6. The third-order valence-electron chi connectivity index (χ3n) is 4.99. The fourth-order valence-corrected chi connectivity index (χ4v) is 3.58. The van der Waals surface area contributed by atoms with Gasteiger partial charge >= 0.3 is 0 Å². The molecule has 27 heavy (non-hydrogen) atoms. The zero-order valence-electron chi connectivity index (χ0n) is 15.6. The summed E-state index contributed by atoms with van der Waals surface area (Å²) in [5, 5.41) is 13.9. The van der Waals surface area contributed by atoms with E-state index >= 15 is 0 Å². The van der Waals surface area contributed by atoms with Crippen molar-refractivity contribution in [2.24, 2.45) is 0 Å². The number of fused-ring (bicyclic) bond motifs is 2. The van der Waals surface area contributed by atoms with E-state index in [-0.39, 0.29) is 6.61 Å². The van der Waals surface area contributed by atoms with Gasteiger partial charge in [-0.15, -0.1) is 0 Å². The Morgan fingerprint density at radius 2 is 1.93 bits per heavy atom. The van der Waals surface area contributed by atoms with E-state index in [0.29, 0.717) is 6.54 Å². The summed E-state index contributed by atoms with van der Waals surface area (Å²) >= 11 is 0. The molecule has 0 bridgehead atoms. The maximum absolute atomic E-state index is 10.00. The van der Waals surface area contributed by atoms with E-state index in [1.807, 2.05) is 37.4 Å². The minimum Gasteiger partial charge on any atom is -0.490 e. The van der Waals surface area contributed by atoms with Gasteiger partial charge in [0.15, 0.2) is 0 Å². The average Bonchev–Trinajstić information content (AvgIpc) is 2.71. The number of nitrogens with zero attached hydrogens (tertiary/aromatic N) is 2. The molecule has 3 aromatic rings. The summed E-state index contributed by atoms with van der Waals surface area (Å²) in [5.74, 6) is 1.69. The van der Waals surface area contributed by atoms with Crippen LogP contribution in [0.3, 0.4) is 0 Å². The van der Waals surface area contributed by atoms with Crippen molar-refractivity contribution in [3.63, 3.8) is 0 Å². The van der Waals surface area contributed by atoms with Gasteiger partial charge in [-0.3, -0.25) is 0 Å². The van der Waals surface area contributed by atoms with Crippen molar-refractivity contribution in [2.75, 3.05) is 31.6 Å². The van der Waals surface area contributed by atoms with Gasteiger partial charge in [0.25, 0.3) is 0 Å². The molecule has 2 aromatic carbocycles. The standard InChI is InChI=1S/C22H25N3O2/c1-23-13-18(26)15-27-21-12-22(24-20-9-5-4-8-19(20)21)25-11-10-16-6-2-3-7-17(16)14-25/h2-9,12,18,23,26H,10-11,13-15H2,1H3. The molecule has 1 aromatic heterocycles. The molecule has 1 atom stereocenters. The lowest BCUT2D eigenvalue weighted by atomic mass is 10.00. The number of ether oxygens (including phenoxy) is 1. The predicted octanol–water partition coefficient (Wildman–Crippen LogP) is 2.76. The summed E-state index contributed by atoms with van der Waals surface area (Å²) in [6.45, 7) is 2.53. The Bertz CT molecular complexity index is 928. The highest BCUT2D eigenvalue weighted by Crippen LogP contribution is 2.31. The van der Waals surface area contributed by atoms with Gasteiger partial charge in [0.2, 0.25) is 0 Å². The minimum atomic E-state index is -0.549. The first kappa shape index (κ1) is 17.8. The number of aliphatic hydroxyl groups is 1. The largest absolute Gasteiger partial charge is 0.490 e. The van der Waals surface area contributed by atoms with E-state index in [0.717, 1.165) is 42.0 Å². The first-order chi connectivity index (χ1) is 13.2. The van der Waals surface area contributed by atoms with Gasteiger partial charge in [0, 0.05) is 31.1 Å². The van der Waals surface area contributed by atoms with Gasteiger partial charge in [-0.1, -0.05) is 36.4 Å². The van der Waals surface area contributed by atoms with Crippen LogP contribution in [0.2, 0.25) is 0 Å². The number of aromatic nitrogens is 1. The molecule has 140 valence electrons. The summed E-state index contributed by atoms with van der Waals surface area (Å²) in [6, 6.07) is 18.6. The van der Waals surface area contributed by atoms with Gasteiger partial charge < -0.3 is 20.1 Å². The molecule has 1 unspecified atom stereocenters.